The van der Waals surface area contributed by atoms with Crippen molar-refractivity contribution in [1.29, 1.82) is 0 Å². The summed E-state index contributed by atoms with van der Waals surface area (Å²) in [5, 5.41) is 0. The first-order valence-corrected chi connectivity index (χ1v) is 8.36. The lowest BCUT2D eigenvalue weighted by molar-refractivity contribution is -0.130. The standard InChI is InChI=1S/C14H21N3O3S/c1-11-5-6-12(9-13(11)15)21(19,20)16(2)10-14(18)17-7-3-4-8-17/h5-6,9H,3-4,7-8,10,15H2,1-2H3. The Balaban J connectivity index is 2.14. The first kappa shape index (κ1) is 15.8. The summed E-state index contributed by atoms with van der Waals surface area (Å²) in [6.07, 6.45) is 1.97. The highest BCUT2D eigenvalue weighted by molar-refractivity contribution is 7.89. The van der Waals surface area contributed by atoms with Gasteiger partial charge in [0.1, 0.15) is 0 Å². The Bertz CT molecular complexity index is 637. The Morgan fingerprint density at radius 3 is 2.52 bits per heavy atom. The van der Waals surface area contributed by atoms with E-state index in [1.807, 2.05) is 6.92 Å². The molecule has 2 N–H and O–H groups in total. The summed E-state index contributed by atoms with van der Waals surface area (Å²) >= 11 is 0. The van der Waals surface area contributed by atoms with Crippen LogP contribution in [0.4, 0.5) is 5.69 Å². The number of nitrogens with two attached hydrogens (primary N) is 1. The Hall–Kier alpha value is -1.60. The second-order valence-corrected chi connectivity index (χ2v) is 7.41. The average molecular weight is 311 g/mol. The molecule has 0 atom stereocenters. The molecule has 0 aromatic heterocycles. The van der Waals surface area contributed by atoms with E-state index in [-0.39, 0.29) is 17.3 Å². The van der Waals surface area contributed by atoms with E-state index >= 15 is 0 Å². The minimum atomic E-state index is -3.70. The molecule has 2 rings (SSSR count). The Labute approximate surface area is 125 Å². The van der Waals surface area contributed by atoms with Gasteiger partial charge in [0.05, 0.1) is 11.4 Å². The largest absolute Gasteiger partial charge is 0.398 e. The Morgan fingerprint density at radius 2 is 1.95 bits per heavy atom. The molecule has 0 unspecified atom stereocenters. The highest BCUT2D eigenvalue weighted by atomic mass is 32.2. The van der Waals surface area contributed by atoms with Crippen LogP contribution >= 0.6 is 0 Å². The van der Waals surface area contributed by atoms with Gasteiger partial charge < -0.3 is 10.6 Å². The summed E-state index contributed by atoms with van der Waals surface area (Å²) < 4.78 is 26.0. The number of aryl methyl sites for hydroxylation is 1. The first-order valence-electron chi connectivity index (χ1n) is 6.92. The van der Waals surface area contributed by atoms with Gasteiger partial charge in [0.25, 0.3) is 0 Å². The van der Waals surface area contributed by atoms with Crippen molar-refractivity contribution in [2.24, 2.45) is 0 Å². The number of nitrogen functional groups attached to an aromatic ring is 1. The molecule has 1 heterocycles. The maximum absolute atomic E-state index is 12.4. The summed E-state index contributed by atoms with van der Waals surface area (Å²) in [6, 6.07) is 4.61. The van der Waals surface area contributed by atoms with Gasteiger partial charge in [0.15, 0.2) is 0 Å². The lowest BCUT2D eigenvalue weighted by Crippen LogP contribution is -2.39. The van der Waals surface area contributed by atoms with Gasteiger partial charge in [-0.05, 0) is 37.5 Å². The number of amides is 1. The molecule has 6 nitrogen and oxygen atoms in total. The van der Waals surface area contributed by atoms with Crippen molar-refractivity contribution >= 4 is 21.6 Å². The third-order valence-corrected chi connectivity index (χ3v) is 5.57. The van der Waals surface area contributed by atoms with Crippen molar-refractivity contribution in [3.8, 4) is 0 Å². The summed E-state index contributed by atoms with van der Waals surface area (Å²) in [6.45, 7) is 3.09. The van der Waals surface area contributed by atoms with Gasteiger partial charge >= 0.3 is 0 Å². The first-order chi connectivity index (χ1) is 9.82. The van der Waals surface area contributed by atoms with Gasteiger partial charge in [-0.2, -0.15) is 4.31 Å². The maximum atomic E-state index is 12.4. The van der Waals surface area contributed by atoms with Crippen LogP contribution in [-0.2, 0) is 14.8 Å². The van der Waals surface area contributed by atoms with Crippen molar-refractivity contribution in [3.05, 3.63) is 23.8 Å². The monoisotopic (exact) mass is 311 g/mol. The quantitative estimate of drug-likeness (QED) is 0.834. The van der Waals surface area contributed by atoms with E-state index in [1.165, 1.54) is 19.2 Å². The van der Waals surface area contributed by atoms with E-state index in [9.17, 15) is 13.2 Å². The number of likely N-dealkylation sites (tertiary alicyclic amines) is 1. The number of nitrogens with zero attached hydrogens (tertiary/aromatic N) is 2. The smallest absolute Gasteiger partial charge is 0.243 e. The summed E-state index contributed by atoms with van der Waals surface area (Å²) in [4.78, 5) is 13.9. The fourth-order valence-corrected chi connectivity index (χ4v) is 3.46. The van der Waals surface area contributed by atoms with Gasteiger partial charge in [-0.3, -0.25) is 4.79 Å². The van der Waals surface area contributed by atoms with Gasteiger partial charge in [-0.25, -0.2) is 8.42 Å². The van der Waals surface area contributed by atoms with Crippen molar-refractivity contribution in [1.82, 2.24) is 9.21 Å². The molecule has 0 aliphatic carbocycles. The molecule has 0 saturated carbocycles. The molecule has 1 aliphatic heterocycles. The van der Waals surface area contributed by atoms with E-state index in [1.54, 1.807) is 11.0 Å². The highest BCUT2D eigenvalue weighted by Gasteiger charge is 2.26. The third kappa shape index (κ3) is 3.36. The maximum Gasteiger partial charge on any atom is 0.243 e. The normalized spacial score (nSPS) is 15.7. The summed E-state index contributed by atoms with van der Waals surface area (Å²) in [5.74, 6) is -0.154. The molecular formula is C14H21N3O3S. The average Bonchev–Trinajstić information content (AvgIpc) is 2.95. The summed E-state index contributed by atoms with van der Waals surface area (Å²) in [5.41, 5.74) is 7.01. The minimum absolute atomic E-state index is 0.113. The number of likely N-dealkylation sites (N-methyl/N-ethyl adjacent to an activating group) is 1. The zero-order chi connectivity index (χ0) is 15.6. The van der Waals surface area contributed by atoms with E-state index in [0.717, 1.165) is 22.7 Å². The van der Waals surface area contributed by atoms with Gasteiger partial charge in [0, 0.05) is 25.8 Å². The molecule has 0 bridgehead atoms. The zero-order valence-corrected chi connectivity index (χ0v) is 13.2. The number of carbonyl (C=O) groups is 1. The van der Waals surface area contributed by atoms with E-state index < -0.39 is 10.0 Å². The van der Waals surface area contributed by atoms with Crippen LogP contribution in [0, 0.1) is 6.92 Å². The molecule has 1 aromatic rings. The van der Waals surface area contributed by atoms with Crippen molar-refractivity contribution < 1.29 is 13.2 Å². The minimum Gasteiger partial charge on any atom is -0.398 e. The molecule has 0 spiro atoms. The zero-order valence-electron chi connectivity index (χ0n) is 12.4. The Morgan fingerprint density at radius 1 is 1.33 bits per heavy atom. The molecule has 1 aliphatic rings. The molecule has 21 heavy (non-hydrogen) atoms. The van der Waals surface area contributed by atoms with Gasteiger partial charge in [0.2, 0.25) is 15.9 Å². The molecule has 0 radical (unpaired) electrons. The Kier molecular flexibility index (Phi) is 4.53. The number of hydrogen-bond acceptors (Lipinski definition) is 4. The van der Waals surface area contributed by atoms with E-state index in [0.29, 0.717) is 18.8 Å². The van der Waals surface area contributed by atoms with E-state index in [2.05, 4.69) is 0 Å². The van der Waals surface area contributed by atoms with Crippen LogP contribution in [0.1, 0.15) is 18.4 Å². The number of carbonyl (C=O) groups excluding carboxylic acids is 1. The van der Waals surface area contributed by atoms with Crippen LogP contribution in [0.15, 0.2) is 23.1 Å². The van der Waals surface area contributed by atoms with Crippen LogP contribution < -0.4 is 5.73 Å². The lowest BCUT2D eigenvalue weighted by atomic mass is 10.2. The van der Waals surface area contributed by atoms with Crippen LogP contribution in [0.5, 0.6) is 0 Å². The fourth-order valence-electron chi connectivity index (χ4n) is 2.30. The predicted molar refractivity (Wildman–Crippen MR) is 81.2 cm³/mol. The molecule has 1 aromatic carbocycles. The van der Waals surface area contributed by atoms with Crippen LogP contribution in [0.3, 0.4) is 0 Å². The lowest BCUT2D eigenvalue weighted by Gasteiger charge is -2.21. The van der Waals surface area contributed by atoms with Crippen LogP contribution in [-0.4, -0.2) is 50.2 Å². The topological polar surface area (TPSA) is 83.7 Å². The SMILES string of the molecule is Cc1ccc(S(=O)(=O)N(C)CC(=O)N2CCCC2)cc1N. The summed E-state index contributed by atoms with van der Waals surface area (Å²) in [7, 11) is -2.28. The van der Waals surface area contributed by atoms with Crippen LogP contribution in [0.2, 0.25) is 0 Å². The predicted octanol–water partition coefficient (Wildman–Crippen LogP) is 0.820. The molecule has 1 amide bonds. The molecule has 1 fully saturated rings. The highest BCUT2D eigenvalue weighted by Crippen LogP contribution is 2.20. The fraction of sp³-hybridized carbons (Fsp3) is 0.500. The molecule has 116 valence electrons. The number of hydrogen-bond donors (Lipinski definition) is 1. The number of anilines is 1. The number of rotatable bonds is 4. The van der Waals surface area contributed by atoms with Crippen molar-refractivity contribution in [2.75, 3.05) is 32.4 Å². The number of sulfonamides is 1. The number of benzene rings is 1. The molecule has 1 saturated heterocycles. The third-order valence-electron chi connectivity index (χ3n) is 3.78. The van der Waals surface area contributed by atoms with Gasteiger partial charge in [-0.15, -0.1) is 0 Å². The van der Waals surface area contributed by atoms with Crippen molar-refractivity contribution in [2.45, 2.75) is 24.7 Å². The van der Waals surface area contributed by atoms with E-state index in [4.69, 9.17) is 5.73 Å². The van der Waals surface area contributed by atoms with Crippen molar-refractivity contribution in [3.63, 3.8) is 0 Å². The second-order valence-electron chi connectivity index (χ2n) is 5.37. The molecular weight excluding hydrogens is 290 g/mol. The van der Waals surface area contributed by atoms with Gasteiger partial charge in [-0.1, -0.05) is 6.07 Å². The molecule has 7 heteroatoms. The van der Waals surface area contributed by atoms with Crippen LogP contribution in [0.25, 0.3) is 0 Å². The second kappa shape index (κ2) is 6.03.